The minimum absolute atomic E-state index is 0.390. The molecule has 1 aromatic rings. The minimum atomic E-state index is -4.13. The Morgan fingerprint density at radius 1 is 1.00 bits per heavy atom. The molecular weight excluding hydrogens is 269 g/mol. The molecule has 0 unspecified atom stereocenters. The van der Waals surface area contributed by atoms with Crippen molar-refractivity contribution in [1.82, 2.24) is 9.80 Å². The third kappa shape index (κ3) is 4.77. The summed E-state index contributed by atoms with van der Waals surface area (Å²) >= 11 is 0. The number of benzene rings is 1. The van der Waals surface area contributed by atoms with Gasteiger partial charge in [-0.3, -0.25) is 9.80 Å². The van der Waals surface area contributed by atoms with Crippen LogP contribution in [0, 0.1) is 0 Å². The maximum absolute atomic E-state index is 12.3. The molecule has 0 spiro atoms. The van der Waals surface area contributed by atoms with Crippen molar-refractivity contribution in [2.45, 2.75) is 12.3 Å². The highest BCUT2D eigenvalue weighted by Crippen LogP contribution is 2.19. The molecule has 1 atom stereocenters. The van der Waals surface area contributed by atoms with Gasteiger partial charge in [0, 0.05) is 32.7 Å². The van der Waals surface area contributed by atoms with Gasteiger partial charge in [-0.1, -0.05) is 30.3 Å². The van der Waals surface area contributed by atoms with Gasteiger partial charge in [-0.2, -0.15) is 13.2 Å². The van der Waals surface area contributed by atoms with E-state index in [1.807, 2.05) is 35.2 Å². The molecule has 1 aliphatic heterocycles. The van der Waals surface area contributed by atoms with Crippen molar-refractivity contribution in [3.63, 3.8) is 0 Å². The maximum atomic E-state index is 12.3. The average Bonchev–Trinajstić information content (AvgIpc) is 2.40. The van der Waals surface area contributed by atoms with Gasteiger partial charge in [-0.15, -0.1) is 0 Å². The fraction of sp³-hybridized carbons (Fsp3) is 0.571. The quantitative estimate of drug-likeness (QED) is 0.916. The molecular formula is C14H19F3N2O. The van der Waals surface area contributed by atoms with Crippen molar-refractivity contribution in [2.24, 2.45) is 0 Å². The summed E-state index contributed by atoms with van der Waals surface area (Å²) in [5, 5.41) is 10.1. The van der Waals surface area contributed by atoms with Crippen LogP contribution in [-0.2, 0) is 0 Å². The van der Waals surface area contributed by atoms with Crippen LogP contribution in [0.5, 0.6) is 0 Å². The first kappa shape index (κ1) is 15.3. The van der Waals surface area contributed by atoms with Crippen molar-refractivity contribution in [3.8, 4) is 0 Å². The van der Waals surface area contributed by atoms with Crippen LogP contribution in [-0.4, -0.2) is 60.4 Å². The van der Waals surface area contributed by atoms with E-state index < -0.39 is 18.8 Å². The summed E-state index contributed by atoms with van der Waals surface area (Å²) in [6.45, 7) is 1.51. The third-order valence-electron chi connectivity index (χ3n) is 3.48. The number of alkyl halides is 3. The Balaban J connectivity index is 1.77. The van der Waals surface area contributed by atoms with Gasteiger partial charge in [0.2, 0.25) is 0 Å². The van der Waals surface area contributed by atoms with Crippen LogP contribution in [0.4, 0.5) is 13.2 Å². The number of hydrogen-bond donors (Lipinski definition) is 1. The van der Waals surface area contributed by atoms with E-state index in [9.17, 15) is 18.3 Å². The Labute approximate surface area is 116 Å². The molecule has 112 valence electrons. The number of rotatable bonds is 4. The lowest BCUT2D eigenvalue weighted by atomic mass is 10.1. The van der Waals surface area contributed by atoms with E-state index >= 15 is 0 Å². The Morgan fingerprint density at radius 3 is 2.10 bits per heavy atom. The highest BCUT2D eigenvalue weighted by Gasteiger charge is 2.32. The Morgan fingerprint density at radius 2 is 1.55 bits per heavy atom. The minimum Gasteiger partial charge on any atom is -0.387 e. The fourth-order valence-corrected chi connectivity index (χ4v) is 2.41. The lowest BCUT2D eigenvalue weighted by molar-refractivity contribution is -0.149. The average molecular weight is 288 g/mol. The highest BCUT2D eigenvalue weighted by atomic mass is 19.4. The molecule has 1 aromatic carbocycles. The number of hydrogen-bond acceptors (Lipinski definition) is 3. The number of aliphatic hydroxyl groups is 1. The van der Waals surface area contributed by atoms with Crippen LogP contribution in [0.15, 0.2) is 30.3 Å². The lowest BCUT2D eigenvalue weighted by Gasteiger charge is -2.35. The largest absolute Gasteiger partial charge is 0.401 e. The molecule has 1 heterocycles. The molecule has 6 heteroatoms. The van der Waals surface area contributed by atoms with Gasteiger partial charge in [-0.05, 0) is 5.56 Å². The zero-order chi connectivity index (χ0) is 14.6. The van der Waals surface area contributed by atoms with Gasteiger partial charge in [0.25, 0.3) is 0 Å². The number of nitrogens with zero attached hydrogens (tertiary/aromatic N) is 2. The predicted octanol–water partition coefficient (Wildman–Crippen LogP) is 1.90. The second-order valence-corrected chi connectivity index (χ2v) is 5.12. The van der Waals surface area contributed by atoms with Crippen molar-refractivity contribution in [3.05, 3.63) is 35.9 Å². The van der Waals surface area contributed by atoms with Crippen LogP contribution < -0.4 is 0 Å². The van der Waals surface area contributed by atoms with Gasteiger partial charge in [-0.25, -0.2) is 0 Å². The topological polar surface area (TPSA) is 26.7 Å². The van der Waals surface area contributed by atoms with Crippen molar-refractivity contribution < 1.29 is 18.3 Å². The van der Waals surface area contributed by atoms with E-state index in [4.69, 9.17) is 0 Å². The van der Waals surface area contributed by atoms with Crippen molar-refractivity contribution >= 4 is 0 Å². The standard InChI is InChI=1S/C14H19F3N2O/c15-14(16,17)11-19-8-6-18(7-9-19)10-13(20)12-4-2-1-3-5-12/h1-5,13,20H,6-11H2/t13-/m0/s1. The van der Waals surface area contributed by atoms with E-state index in [0.29, 0.717) is 32.7 Å². The SMILES string of the molecule is O[C@@H](CN1CCN(CC(F)(F)F)CC1)c1ccccc1. The van der Waals surface area contributed by atoms with Crippen molar-refractivity contribution in [1.29, 1.82) is 0 Å². The van der Waals surface area contributed by atoms with Crippen LogP contribution >= 0.6 is 0 Å². The molecule has 0 saturated carbocycles. The summed E-state index contributed by atoms with van der Waals surface area (Å²) in [6.07, 6.45) is -4.73. The smallest absolute Gasteiger partial charge is 0.387 e. The van der Waals surface area contributed by atoms with Crippen LogP contribution in [0.1, 0.15) is 11.7 Å². The van der Waals surface area contributed by atoms with Crippen LogP contribution in [0.25, 0.3) is 0 Å². The summed E-state index contributed by atoms with van der Waals surface area (Å²) in [6, 6.07) is 9.31. The first-order valence-electron chi connectivity index (χ1n) is 6.68. The van der Waals surface area contributed by atoms with Crippen molar-refractivity contribution in [2.75, 3.05) is 39.3 Å². The molecule has 0 bridgehead atoms. The monoisotopic (exact) mass is 288 g/mol. The van der Waals surface area contributed by atoms with Gasteiger partial charge in [0.15, 0.2) is 0 Å². The Bertz CT molecular complexity index is 403. The summed E-state index contributed by atoms with van der Waals surface area (Å²) < 4.78 is 36.8. The molecule has 1 fully saturated rings. The van der Waals surface area contributed by atoms with E-state index in [2.05, 4.69) is 0 Å². The number of β-amino-alcohol motifs (C(OH)–C–C–N with tert-alkyl or cyclic N) is 1. The van der Waals surface area contributed by atoms with E-state index in [-0.39, 0.29) is 0 Å². The molecule has 0 aliphatic carbocycles. The number of halogens is 3. The van der Waals surface area contributed by atoms with Gasteiger partial charge >= 0.3 is 6.18 Å². The first-order valence-corrected chi connectivity index (χ1v) is 6.68. The first-order chi connectivity index (χ1) is 9.44. The molecule has 0 aromatic heterocycles. The fourth-order valence-electron chi connectivity index (χ4n) is 2.41. The third-order valence-corrected chi connectivity index (χ3v) is 3.48. The normalized spacial score (nSPS) is 20.0. The van der Waals surface area contributed by atoms with E-state index in [1.165, 1.54) is 4.90 Å². The molecule has 1 aliphatic rings. The zero-order valence-electron chi connectivity index (χ0n) is 11.2. The highest BCUT2D eigenvalue weighted by molar-refractivity contribution is 5.17. The van der Waals surface area contributed by atoms with Gasteiger partial charge < -0.3 is 5.11 Å². The maximum Gasteiger partial charge on any atom is 0.401 e. The summed E-state index contributed by atoms with van der Waals surface area (Å²) in [5.41, 5.74) is 0.838. The van der Waals surface area contributed by atoms with Gasteiger partial charge in [0.1, 0.15) is 0 Å². The zero-order valence-corrected chi connectivity index (χ0v) is 11.2. The molecule has 1 saturated heterocycles. The Hall–Kier alpha value is -1.11. The molecule has 1 N–H and O–H groups in total. The second kappa shape index (κ2) is 6.56. The van der Waals surface area contributed by atoms with E-state index in [1.54, 1.807) is 0 Å². The number of aliphatic hydroxyl groups excluding tert-OH is 1. The lowest BCUT2D eigenvalue weighted by Crippen LogP contribution is -2.49. The molecule has 20 heavy (non-hydrogen) atoms. The van der Waals surface area contributed by atoms with Crippen LogP contribution in [0.3, 0.4) is 0 Å². The molecule has 0 amide bonds. The summed E-state index contributed by atoms with van der Waals surface area (Å²) in [4.78, 5) is 3.41. The molecule has 0 radical (unpaired) electrons. The summed E-state index contributed by atoms with van der Waals surface area (Å²) in [7, 11) is 0. The number of piperazine rings is 1. The van der Waals surface area contributed by atoms with Crippen LogP contribution in [0.2, 0.25) is 0 Å². The second-order valence-electron chi connectivity index (χ2n) is 5.12. The molecule has 2 rings (SSSR count). The van der Waals surface area contributed by atoms with Gasteiger partial charge in [0.05, 0.1) is 12.6 Å². The van der Waals surface area contributed by atoms with E-state index in [0.717, 1.165) is 5.56 Å². The summed E-state index contributed by atoms with van der Waals surface area (Å²) in [5.74, 6) is 0. The Kier molecular flexibility index (Phi) is 5.01. The molecule has 3 nitrogen and oxygen atoms in total. The predicted molar refractivity (Wildman–Crippen MR) is 70.3 cm³/mol.